The first-order valence-corrected chi connectivity index (χ1v) is 9.85. The zero-order chi connectivity index (χ0) is 16.4. The maximum absolute atomic E-state index is 12.0. The highest BCUT2D eigenvalue weighted by Gasteiger charge is 2.19. The van der Waals surface area contributed by atoms with Crippen LogP contribution in [0.25, 0.3) is 0 Å². The first-order chi connectivity index (χ1) is 9.48. The van der Waals surface area contributed by atoms with Crippen LogP contribution in [-0.2, 0) is 20.0 Å². The summed E-state index contributed by atoms with van der Waals surface area (Å²) in [4.78, 5) is -0.0119. The van der Waals surface area contributed by atoms with E-state index in [1.54, 1.807) is 13.8 Å². The SMILES string of the molecule is CCCS(=O)(=O)Nc1c(C)cc(S(N)(=O)=O)cc1C(C)C. The quantitative estimate of drug-likeness (QED) is 0.828. The van der Waals surface area contributed by atoms with E-state index in [-0.39, 0.29) is 16.6 Å². The van der Waals surface area contributed by atoms with Crippen molar-refractivity contribution in [2.75, 3.05) is 10.5 Å². The highest BCUT2D eigenvalue weighted by molar-refractivity contribution is 7.92. The maximum Gasteiger partial charge on any atom is 0.238 e. The topological polar surface area (TPSA) is 106 Å². The van der Waals surface area contributed by atoms with E-state index in [0.29, 0.717) is 23.2 Å². The minimum atomic E-state index is -3.83. The van der Waals surface area contributed by atoms with Crippen molar-refractivity contribution in [1.29, 1.82) is 0 Å². The van der Waals surface area contributed by atoms with Gasteiger partial charge in [0.05, 0.1) is 16.3 Å². The third kappa shape index (κ3) is 4.69. The van der Waals surface area contributed by atoms with E-state index in [1.807, 2.05) is 13.8 Å². The van der Waals surface area contributed by atoms with E-state index in [0.717, 1.165) is 0 Å². The fourth-order valence-corrected chi connectivity index (χ4v) is 3.88. The lowest BCUT2D eigenvalue weighted by molar-refractivity contribution is 0.597. The molecule has 0 saturated heterocycles. The Morgan fingerprint density at radius 3 is 2.19 bits per heavy atom. The summed E-state index contributed by atoms with van der Waals surface area (Å²) in [5.41, 5.74) is 1.58. The number of hydrogen-bond acceptors (Lipinski definition) is 4. The van der Waals surface area contributed by atoms with Crippen LogP contribution in [-0.4, -0.2) is 22.6 Å². The first kappa shape index (κ1) is 17.9. The van der Waals surface area contributed by atoms with Crippen molar-refractivity contribution in [3.63, 3.8) is 0 Å². The monoisotopic (exact) mass is 334 g/mol. The molecule has 1 aromatic rings. The fourth-order valence-electron chi connectivity index (χ4n) is 2.01. The molecule has 0 aliphatic heterocycles. The number of hydrogen-bond donors (Lipinski definition) is 2. The Kier molecular flexibility index (Phi) is 5.40. The van der Waals surface area contributed by atoms with Crippen LogP contribution < -0.4 is 9.86 Å². The average molecular weight is 334 g/mol. The lowest BCUT2D eigenvalue weighted by atomic mass is 9.99. The van der Waals surface area contributed by atoms with Gasteiger partial charge in [-0.2, -0.15) is 0 Å². The molecule has 0 radical (unpaired) electrons. The Morgan fingerprint density at radius 1 is 1.19 bits per heavy atom. The predicted molar refractivity (Wildman–Crippen MR) is 84.3 cm³/mol. The van der Waals surface area contributed by atoms with E-state index in [9.17, 15) is 16.8 Å². The van der Waals surface area contributed by atoms with Crippen molar-refractivity contribution >= 4 is 25.7 Å². The van der Waals surface area contributed by atoms with Gasteiger partial charge in [-0.1, -0.05) is 20.8 Å². The summed E-state index contributed by atoms with van der Waals surface area (Å²) >= 11 is 0. The van der Waals surface area contributed by atoms with Crippen molar-refractivity contribution in [2.24, 2.45) is 5.14 Å². The molecule has 120 valence electrons. The smallest absolute Gasteiger partial charge is 0.238 e. The van der Waals surface area contributed by atoms with Gasteiger partial charge in [0.25, 0.3) is 0 Å². The molecule has 1 rings (SSSR count). The zero-order valence-corrected chi connectivity index (χ0v) is 14.3. The lowest BCUT2D eigenvalue weighted by Crippen LogP contribution is -2.19. The van der Waals surface area contributed by atoms with Gasteiger partial charge in [-0.15, -0.1) is 0 Å². The molecule has 0 aliphatic rings. The van der Waals surface area contributed by atoms with Crippen LogP contribution >= 0.6 is 0 Å². The molecular formula is C13H22N2O4S2. The summed E-state index contributed by atoms with van der Waals surface area (Å²) in [7, 11) is -7.27. The molecule has 0 fully saturated rings. The molecule has 0 atom stereocenters. The molecule has 0 unspecified atom stereocenters. The largest absolute Gasteiger partial charge is 0.283 e. The first-order valence-electron chi connectivity index (χ1n) is 6.65. The number of aryl methyl sites for hydroxylation is 1. The summed E-state index contributed by atoms with van der Waals surface area (Å²) in [6.45, 7) is 7.16. The van der Waals surface area contributed by atoms with Crippen molar-refractivity contribution in [2.45, 2.75) is 44.9 Å². The fraction of sp³-hybridized carbons (Fsp3) is 0.538. The number of sulfonamides is 2. The molecule has 1 aromatic carbocycles. The Balaban J connectivity index is 3.46. The third-order valence-electron chi connectivity index (χ3n) is 3.02. The van der Waals surface area contributed by atoms with Gasteiger partial charge >= 0.3 is 0 Å². The van der Waals surface area contributed by atoms with Crippen molar-refractivity contribution in [1.82, 2.24) is 0 Å². The minimum absolute atomic E-state index is 0.0119. The summed E-state index contributed by atoms with van der Waals surface area (Å²) in [6.07, 6.45) is 0.501. The summed E-state index contributed by atoms with van der Waals surface area (Å²) in [5.74, 6) is -0.0364. The molecule has 0 saturated carbocycles. The highest BCUT2D eigenvalue weighted by atomic mass is 32.2. The summed E-state index contributed by atoms with van der Waals surface area (Å²) in [5, 5.41) is 5.15. The number of nitrogens with two attached hydrogens (primary N) is 1. The number of nitrogens with one attached hydrogen (secondary N) is 1. The molecule has 21 heavy (non-hydrogen) atoms. The number of rotatable bonds is 6. The van der Waals surface area contributed by atoms with E-state index in [1.165, 1.54) is 12.1 Å². The summed E-state index contributed by atoms with van der Waals surface area (Å²) in [6, 6.07) is 2.81. The normalized spacial score (nSPS) is 12.7. The molecule has 8 heteroatoms. The van der Waals surface area contributed by atoms with Crippen molar-refractivity contribution in [3.8, 4) is 0 Å². The van der Waals surface area contributed by atoms with Gasteiger partial charge in [-0.05, 0) is 42.5 Å². The van der Waals surface area contributed by atoms with Crippen LogP contribution in [0.4, 0.5) is 5.69 Å². The molecule has 0 aromatic heterocycles. The number of primary sulfonamides is 1. The second-order valence-corrected chi connectivity index (χ2v) is 8.73. The van der Waals surface area contributed by atoms with Crippen molar-refractivity contribution < 1.29 is 16.8 Å². The van der Waals surface area contributed by atoms with Gasteiger partial charge in [-0.25, -0.2) is 22.0 Å². The molecule has 0 bridgehead atoms. The molecule has 3 N–H and O–H groups in total. The predicted octanol–water partition coefficient (Wildman–Crippen LogP) is 1.92. The van der Waals surface area contributed by atoms with Gasteiger partial charge in [0.15, 0.2) is 0 Å². The maximum atomic E-state index is 12.0. The minimum Gasteiger partial charge on any atom is -0.283 e. The number of anilines is 1. The van der Waals surface area contributed by atoms with Crippen LogP contribution in [0.15, 0.2) is 17.0 Å². The van der Waals surface area contributed by atoms with Crippen molar-refractivity contribution in [3.05, 3.63) is 23.3 Å². The standard InChI is InChI=1S/C13H22N2O4S2/c1-5-6-20(16,17)15-13-10(4)7-11(21(14,18)19)8-12(13)9(2)3/h7-9,15H,5-6H2,1-4H3,(H2,14,18,19). The molecule has 6 nitrogen and oxygen atoms in total. The van der Waals surface area contributed by atoms with Gasteiger partial charge in [0.2, 0.25) is 20.0 Å². The van der Waals surface area contributed by atoms with Crippen LogP contribution in [0.5, 0.6) is 0 Å². The third-order valence-corrected chi connectivity index (χ3v) is 5.37. The molecule has 0 spiro atoms. The van der Waals surface area contributed by atoms with E-state index in [2.05, 4.69) is 4.72 Å². The lowest BCUT2D eigenvalue weighted by Gasteiger charge is -2.18. The van der Waals surface area contributed by atoms with Crippen LogP contribution in [0, 0.1) is 6.92 Å². The van der Waals surface area contributed by atoms with Crippen LogP contribution in [0.3, 0.4) is 0 Å². The van der Waals surface area contributed by atoms with E-state index >= 15 is 0 Å². The van der Waals surface area contributed by atoms with Gasteiger partial charge in [0.1, 0.15) is 0 Å². The van der Waals surface area contributed by atoms with E-state index < -0.39 is 20.0 Å². The van der Waals surface area contributed by atoms with Gasteiger partial charge < -0.3 is 0 Å². The Labute approximate surface area is 126 Å². The highest BCUT2D eigenvalue weighted by Crippen LogP contribution is 2.31. The van der Waals surface area contributed by atoms with E-state index in [4.69, 9.17) is 5.14 Å². The second-order valence-electron chi connectivity index (χ2n) is 5.33. The average Bonchev–Trinajstić information content (AvgIpc) is 2.29. The van der Waals surface area contributed by atoms with Crippen LogP contribution in [0.2, 0.25) is 0 Å². The van der Waals surface area contributed by atoms with Crippen LogP contribution in [0.1, 0.15) is 44.2 Å². The number of benzene rings is 1. The zero-order valence-electron chi connectivity index (χ0n) is 12.7. The molecule has 0 heterocycles. The molecular weight excluding hydrogens is 312 g/mol. The molecule has 0 aliphatic carbocycles. The van der Waals surface area contributed by atoms with Gasteiger partial charge in [-0.3, -0.25) is 4.72 Å². The van der Waals surface area contributed by atoms with Gasteiger partial charge in [0, 0.05) is 0 Å². The Hall–Kier alpha value is -1.12. The Morgan fingerprint density at radius 2 is 1.76 bits per heavy atom. The molecule has 0 amide bonds. The second kappa shape index (κ2) is 6.33. The summed E-state index contributed by atoms with van der Waals surface area (Å²) < 4.78 is 49.5. The Bertz CT molecular complexity index is 723.